The van der Waals surface area contributed by atoms with Gasteiger partial charge in [-0.3, -0.25) is 4.90 Å². The number of hydrogen-bond acceptors (Lipinski definition) is 2. The Bertz CT molecular complexity index is 395. The van der Waals surface area contributed by atoms with Crippen LogP contribution in [0.1, 0.15) is 12.8 Å². The molecule has 0 spiro atoms. The van der Waals surface area contributed by atoms with Crippen molar-refractivity contribution in [1.82, 2.24) is 4.90 Å². The molecule has 0 unspecified atom stereocenters. The first-order valence-corrected chi connectivity index (χ1v) is 7.61. The van der Waals surface area contributed by atoms with Gasteiger partial charge in [0.1, 0.15) is 5.75 Å². The number of rotatable bonds is 5. The molecule has 106 valence electrons. The highest BCUT2D eigenvalue weighted by molar-refractivity contribution is 14.1. The van der Waals surface area contributed by atoms with Crippen LogP contribution in [0.25, 0.3) is 0 Å². The average molecular weight is 381 g/mol. The number of halogens is 3. The highest BCUT2D eigenvalue weighted by Crippen LogP contribution is 2.23. The Balaban J connectivity index is 1.73. The third kappa shape index (κ3) is 4.87. The monoisotopic (exact) mass is 381 g/mol. The molecule has 1 aromatic carbocycles. The molecule has 0 atom stereocenters. The van der Waals surface area contributed by atoms with Crippen LogP contribution in [0.3, 0.4) is 0 Å². The van der Waals surface area contributed by atoms with Crippen LogP contribution >= 0.6 is 22.6 Å². The maximum absolute atomic E-state index is 12.3. The largest absolute Gasteiger partial charge is 0.492 e. The SMILES string of the molecule is FC(F)CN1CCC(COc2ccccc2I)CC1. The molecule has 5 heteroatoms. The van der Waals surface area contributed by atoms with Crippen molar-refractivity contribution in [2.45, 2.75) is 19.3 Å². The van der Waals surface area contributed by atoms with Gasteiger partial charge in [-0.15, -0.1) is 0 Å². The van der Waals surface area contributed by atoms with Gasteiger partial charge in [0.25, 0.3) is 6.43 Å². The highest BCUT2D eigenvalue weighted by atomic mass is 127. The van der Waals surface area contributed by atoms with E-state index in [-0.39, 0.29) is 6.54 Å². The zero-order valence-electron chi connectivity index (χ0n) is 10.7. The summed E-state index contributed by atoms with van der Waals surface area (Å²) >= 11 is 2.25. The van der Waals surface area contributed by atoms with Crippen molar-refractivity contribution < 1.29 is 13.5 Å². The van der Waals surface area contributed by atoms with Crippen LogP contribution in [0, 0.1) is 9.49 Å². The molecule has 0 aromatic heterocycles. The summed E-state index contributed by atoms with van der Waals surface area (Å²) in [5.74, 6) is 1.39. The molecule has 0 aliphatic carbocycles. The quantitative estimate of drug-likeness (QED) is 0.723. The van der Waals surface area contributed by atoms with Crippen LogP contribution in [0.4, 0.5) is 8.78 Å². The smallest absolute Gasteiger partial charge is 0.251 e. The van der Waals surface area contributed by atoms with Gasteiger partial charge in [-0.05, 0) is 66.6 Å². The van der Waals surface area contributed by atoms with E-state index in [9.17, 15) is 8.78 Å². The Morgan fingerprint density at radius 1 is 1.26 bits per heavy atom. The number of benzene rings is 1. The van der Waals surface area contributed by atoms with Crippen LogP contribution in [0.15, 0.2) is 24.3 Å². The van der Waals surface area contributed by atoms with E-state index in [2.05, 4.69) is 22.6 Å². The van der Waals surface area contributed by atoms with Gasteiger partial charge in [0.2, 0.25) is 0 Å². The van der Waals surface area contributed by atoms with E-state index in [0.29, 0.717) is 12.5 Å². The van der Waals surface area contributed by atoms with Crippen molar-refractivity contribution in [3.05, 3.63) is 27.8 Å². The molecular weight excluding hydrogens is 363 g/mol. The van der Waals surface area contributed by atoms with E-state index in [1.54, 1.807) is 0 Å². The molecule has 0 bridgehead atoms. The summed E-state index contributed by atoms with van der Waals surface area (Å²) in [5.41, 5.74) is 0. The summed E-state index contributed by atoms with van der Waals surface area (Å²) in [7, 11) is 0. The number of piperidine rings is 1. The first-order valence-electron chi connectivity index (χ1n) is 6.53. The van der Waals surface area contributed by atoms with Crippen LogP contribution in [-0.2, 0) is 0 Å². The van der Waals surface area contributed by atoms with Crippen molar-refractivity contribution in [3.63, 3.8) is 0 Å². The van der Waals surface area contributed by atoms with E-state index in [1.807, 2.05) is 29.2 Å². The number of alkyl halides is 2. The molecule has 1 aromatic rings. The number of para-hydroxylation sites is 1. The molecule has 0 amide bonds. The molecule has 1 saturated heterocycles. The molecule has 0 saturated carbocycles. The van der Waals surface area contributed by atoms with Crippen molar-refractivity contribution in [2.75, 3.05) is 26.2 Å². The highest BCUT2D eigenvalue weighted by Gasteiger charge is 2.21. The fourth-order valence-corrected chi connectivity index (χ4v) is 2.84. The molecular formula is C14H18F2INO. The van der Waals surface area contributed by atoms with E-state index in [4.69, 9.17) is 4.74 Å². The van der Waals surface area contributed by atoms with Crippen LogP contribution in [0.5, 0.6) is 5.75 Å². The van der Waals surface area contributed by atoms with Gasteiger partial charge in [0.15, 0.2) is 0 Å². The molecule has 1 fully saturated rings. The molecule has 2 nitrogen and oxygen atoms in total. The van der Waals surface area contributed by atoms with Crippen LogP contribution < -0.4 is 4.74 Å². The van der Waals surface area contributed by atoms with Crippen molar-refractivity contribution in [1.29, 1.82) is 0 Å². The third-order valence-electron chi connectivity index (χ3n) is 3.41. The maximum atomic E-state index is 12.3. The fourth-order valence-electron chi connectivity index (χ4n) is 2.30. The summed E-state index contributed by atoms with van der Waals surface area (Å²) in [5, 5.41) is 0. The Kier molecular flexibility index (Phi) is 5.81. The van der Waals surface area contributed by atoms with Gasteiger partial charge in [-0.25, -0.2) is 8.78 Å². The van der Waals surface area contributed by atoms with Gasteiger partial charge >= 0.3 is 0 Å². The summed E-state index contributed by atoms with van der Waals surface area (Å²) in [4.78, 5) is 1.84. The minimum Gasteiger partial charge on any atom is -0.492 e. The zero-order valence-corrected chi connectivity index (χ0v) is 12.9. The van der Waals surface area contributed by atoms with Gasteiger partial charge in [0, 0.05) is 0 Å². The summed E-state index contributed by atoms with van der Waals surface area (Å²) in [6.45, 7) is 2.10. The lowest BCUT2D eigenvalue weighted by Crippen LogP contribution is -2.38. The first-order chi connectivity index (χ1) is 9.15. The van der Waals surface area contributed by atoms with Crippen molar-refractivity contribution >= 4 is 22.6 Å². The molecule has 0 radical (unpaired) electrons. The lowest BCUT2D eigenvalue weighted by Gasteiger charge is -2.31. The first kappa shape index (κ1) is 15.0. The second-order valence-corrected chi connectivity index (χ2v) is 6.04. The van der Waals surface area contributed by atoms with E-state index in [1.165, 1.54) is 0 Å². The van der Waals surface area contributed by atoms with Gasteiger partial charge < -0.3 is 4.74 Å². The van der Waals surface area contributed by atoms with E-state index < -0.39 is 6.43 Å². The minimum absolute atomic E-state index is 0.0931. The van der Waals surface area contributed by atoms with Crippen LogP contribution in [-0.4, -0.2) is 37.6 Å². The molecule has 0 N–H and O–H groups in total. The van der Waals surface area contributed by atoms with Crippen LogP contribution in [0.2, 0.25) is 0 Å². The van der Waals surface area contributed by atoms with Gasteiger partial charge in [0.05, 0.1) is 16.7 Å². The number of likely N-dealkylation sites (tertiary alicyclic amines) is 1. The fraction of sp³-hybridized carbons (Fsp3) is 0.571. The summed E-state index contributed by atoms with van der Waals surface area (Å²) < 4.78 is 31.5. The lowest BCUT2D eigenvalue weighted by atomic mass is 9.98. The van der Waals surface area contributed by atoms with E-state index >= 15 is 0 Å². The normalized spacial score (nSPS) is 17.9. The standard InChI is InChI=1S/C14H18F2INO/c15-14(16)9-18-7-5-11(6-8-18)10-19-13-4-2-1-3-12(13)17/h1-4,11,14H,5-10H2. The zero-order chi connectivity index (χ0) is 13.7. The average Bonchev–Trinajstić information content (AvgIpc) is 2.39. The number of ether oxygens (including phenoxy) is 1. The van der Waals surface area contributed by atoms with Crippen molar-refractivity contribution in [3.8, 4) is 5.75 Å². The molecule has 1 aliphatic rings. The Hall–Kier alpha value is -0.430. The third-order valence-corrected chi connectivity index (χ3v) is 4.31. The summed E-state index contributed by atoms with van der Waals surface area (Å²) in [6.07, 6.45) is -0.342. The molecule has 19 heavy (non-hydrogen) atoms. The minimum atomic E-state index is -2.22. The molecule has 1 heterocycles. The molecule has 1 aliphatic heterocycles. The maximum Gasteiger partial charge on any atom is 0.251 e. The van der Waals surface area contributed by atoms with Gasteiger partial charge in [-0.1, -0.05) is 12.1 Å². The second kappa shape index (κ2) is 7.38. The van der Waals surface area contributed by atoms with Gasteiger partial charge in [-0.2, -0.15) is 0 Å². The Morgan fingerprint density at radius 3 is 2.58 bits per heavy atom. The predicted molar refractivity (Wildman–Crippen MR) is 79.8 cm³/mol. The van der Waals surface area contributed by atoms with E-state index in [0.717, 1.165) is 35.3 Å². The number of hydrogen-bond donors (Lipinski definition) is 0. The Morgan fingerprint density at radius 2 is 1.95 bits per heavy atom. The molecule has 2 rings (SSSR count). The Labute approximate surface area is 126 Å². The lowest BCUT2D eigenvalue weighted by molar-refractivity contribution is 0.0619. The predicted octanol–water partition coefficient (Wildman–Crippen LogP) is 3.65. The van der Waals surface area contributed by atoms with Crippen molar-refractivity contribution in [2.24, 2.45) is 5.92 Å². The topological polar surface area (TPSA) is 12.5 Å². The summed E-state index contributed by atoms with van der Waals surface area (Å²) in [6, 6.07) is 7.93. The second-order valence-electron chi connectivity index (χ2n) is 4.88. The number of nitrogens with zero attached hydrogens (tertiary/aromatic N) is 1.